The van der Waals surface area contributed by atoms with Gasteiger partial charge in [-0.1, -0.05) is 52.3 Å². The molecular weight excluding hydrogens is 334 g/mol. The second kappa shape index (κ2) is 7.81. The van der Waals surface area contributed by atoms with Gasteiger partial charge in [-0.15, -0.1) is 0 Å². The fourth-order valence-electron chi connectivity index (χ4n) is 1.87. The molecule has 21 heavy (non-hydrogen) atoms. The molecule has 0 aliphatic rings. The van der Waals surface area contributed by atoms with Crippen LogP contribution in [-0.2, 0) is 11.3 Å². The highest BCUT2D eigenvalue weighted by Crippen LogP contribution is 2.20. The summed E-state index contributed by atoms with van der Waals surface area (Å²) in [6.45, 7) is 0.257. The van der Waals surface area contributed by atoms with Gasteiger partial charge in [0.15, 0.2) is 0 Å². The molecule has 0 bridgehead atoms. The molecule has 0 fully saturated rings. The van der Waals surface area contributed by atoms with Crippen LogP contribution in [0.2, 0.25) is 0 Å². The van der Waals surface area contributed by atoms with Crippen molar-refractivity contribution in [3.63, 3.8) is 0 Å². The highest BCUT2D eigenvalue weighted by atomic mass is 79.9. The Morgan fingerprint density at radius 2 is 1.90 bits per heavy atom. The van der Waals surface area contributed by atoms with E-state index in [1.165, 1.54) is 4.90 Å². The fraction of sp³-hybridized carbons (Fsp3) is 0.188. The molecule has 0 saturated heterocycles. The van der Waals surface area contributed by atoms with Crippen LogP contribution in [0.5, 0.6) is 0 Å². The molecule has 5 heteroatoms. The Kier molecular flexibility index (Phi) is 5.78. The van der Waals surface area contributed by atoms with E-state index in [4.69, 9.17) is 9.84 Å². The Labute approximate surface area is 132 Å². The summed E-state index contributed by atoms with van der Waals surface area (Å²) >= 11 is 3.37. The van der Waals surface area contributed by atoms with E-state index >= 15 is 0 Å². The molecule has 0 radical (unpaired) electrons. The molecule has 0 heterocycles. The first-order valence-electron chi connectivity index (χ1n) is 6.55. The lowest BCUT2D eigenvalue weighted by Crippen LogP contribution is -2.34. The average molecular weight is 350 g/mol. The van der Waals surface area contributed by atoms with Gasteiger partial charge in [0.1, 0.15) is 6.61 Å². The molecule has 1 amide bonds. The summed E-state index contributed by atoms with van der Waals surface area (Å²) < 4.78 is 6.16. The molecule has 0 aliphatic heterocycles. The second-order valence-corrected chi connectivity index (χ2v) is 5.31. The van der Waals surface area contributed by atoms with Gasteiger partial charge < -0.3 is 9.84 Å². The Morgan fingerprint density at radius 1 is 1.14 bits per heavy atom. The zero-order chi connectivity index (χ0) is 15.1. The fourth-order valence-corrected chi connectivity index (χ4v) is 2.25. The average Bonchev–Trinajstić information content (AvgIpc) is 2.51. The minimum atomic E-state index is -0.481. The zero-order valence-electron chi connectivity index (χ0n) is 11.4. The largest absolute Gasteiger partial charge is 0.444 e. The summed E-state index contributed by atoms with van der Waals surface area (Å²) in [6, 6.07) is 16.8. The van der Waals surface area contributed by atoms with E-state index in [1.54, 1.807) is 12.1 Å². The number of benzene rings is 2. The number of carbonyl (C=O) groups is 1. The molecule has 0 aliphatic carbocycles. The maximum atomic E-state index is 12.2. The van der Waals surface area contributed by atoms with E-state index in [0.29, 0.717) is 5.69 Å². The summed E-state index contributed by atoms with van der Waals surface area (Å²) in [4.78, 5) is 13.6. The van der Waals surface area contributed by atoms with E-state index < -0.39 is 6.09 Å². The van der Waals surface area contributed by atoms with Crippen molar-refractivity contribution in [2.24, 2.45) is 0 Å². The predicted octanol–water partition coefficient (Wildman–Crippen LogP) is 3.58. The highest BCUT2D eigenvalue weighted by Gasteiger charge is 2.17. The van der Waals surface area contributed by atoms with Crippen molar-refractivity contribution in [3.8, 4) is 0 Å². The number of halogens is 1. The van der Waals surface area contributed by atoms with Gasteiger partial charge in [0.25, 0.3) is 0 Å². The number of nitrogens with zero attached hydrogens (tertiary/aromatic N) is 1. The minimum absolute atomic E-state index is 0.132. The lowest BCUT2D eigenvalue weighted by atomic mass is 10.2. The third-order valence-corrected chi connectivity index (χ3v) is 3.36. The maximum Gasteiger partial charge on any atom is 0.414 e. The molecule has 0 atom stereocenters. The smallest absolute Gasteiger partial charge is 0.414 e. The van der Waals surface area contributed by atoms with Gasteiger partial charge in [-0.3, -0.25) is 4.90 Å². The number of aliphatic hydroxyl groups excluding tert-OH is 1. The van der Waals surface area contributed by atoms with Gasteiger partial charge in [-0.05, 0) is 23.8 Å². The third-order valence-electron chi connectivity index (χ3n) is 2.87. The molecule has 0 aromatic heterocycles. The van der Waals surface area contributed by atoms with Gasteiger partial charge in [-0.2, -0.15) is 0 Å². The summed E-state index contributed by atoms with van der Waals surface area (Å²) in [6.07, 6.45) is -0.481. The molecule has 2 aromatic carbocycles. The number of anilines is 1. The highest BCUT2D eigenvalue weighted by molar-refractivity contribution is 9.10. The summed E-state index contributed by atoms with van der Waals surface area (Å²) in [7, 11) is 0. The van der Waals surface area contributed by atoms with Crippen LogP contribution >= 0.6 is 15.9 Å². The van der Waals surface area contributed by atoms with Crippen molar-refractivity contribution >= 4 is 27.7 Å². The van der Waals surface area contributed by atoms with Gasteiger partial charge in [0.05, 0.1) is 13.2 Å². The van der Waals surface area contributed by atoms with Crippen LogP contribution in [0.15, 0.2) is 59.1 Å². The van der Waals surface area contributed by atoms with Crippen molar-refractivity contribution in [1.29, 1.82) is 0 Å². The van der Waals surface area contributed by atoms with Crippen LogP contribution < -0.4 is 4.90 Å². The summed E-state index contributed by atoms with van der Waals surface area (Å²) in [5, 5.41) is 9.14. The number of rotatable bonds is 5. The standard InChI is InChI=1S/C16H16BrNO3/c17-14-7-4-8-15(11-14)18(9-10-19)16(20)21-12-13-5-2-1-3-6-13/h1-8,11,19H,9-10,12H2. The van der Waals surface area contributed by atoms with Crippen LogP contribution in [0, 0.1) is 0 Å². The van der Waals surface area contributed by atoms with E-state index in [9.17, 15) is 4.79 Å². The van der Waals surface area contributed by atoms with Crippen LogP contribution in [-0.4, -0.2) is 24.4 Å². The van der Waals surface area contributed by atoms with Crippen molar-refractivity contribution < 1.29 is 14.6 Å². The third kappa shape index (κ3) is 4.58. The van der Waals surface area contributed by atoms with Crippen molar-refractivity contribution in [2.75, 3.05) is 18.1 Å². The van der Waals surface area contributed by atoms with Gasteiger partial charge in [-0.25, -0.2) is 4.79 Å². The maximum absolute atomic E-state index is 12.2. The molecule has 110 valence electrons. The quantitative estimate of drug-likeness (QED) is 0.897. The Balaban J connectivity index is 2.05. The van der Waals surface area contributed by atoms with Gasteiger partial charge >= 0.3 is 6.09 Å². The number of ether oxygens (including phenoxy) is 1. The number of aliphatic hydroxyl groups is 1. The number of hydrogen-bond acceptors (Lipinski definition) is 3. The van der Waals surface area contributed by atoms with Crippen LogP contribution in [0.4, 0.5) is 10.5 Å². The first-order chi connectivity index (χ1) is 10.2. The Bertz CT molecular complexity index is 589. The molecule has 2 aromatic rings. The molecule has 2 rings (SSSR count). The van der Waals surface area contributed by atoms with E-state index in [2.05, 4.69) is 15.9 Å². The Morgan fingerprint density at radius 3 is 2.57 bits per heavy atom. The molecule has 0 spiro atoms. The SMILES string of the molecule is O=C(OCc1ccccc1)N(CCO)c1cccc(Br)c1. The summed E-state index contributed by atoms with van der Waals surface area (Å²) in [5.41, 5.74) is 1.60. The van der Waals surface area contributed by atoms with Crippen LogP contribution in [0.25, 0.3) is 0 Å². The number of hydrogen-bond donors (Lipinski definition) is 1. The monoisotopic (exact) mass is 349 g/mol. The summed E-state index contributed by atoms with van der Waals surface area (Å²) in [5.74, 6) is 0. The van der Waals surface area contributed by atoms with Gasteiger partial charge in [0.2, 0.25) is 0 Å². The molecule has 1 N–H and O–H groups in total. The predicted molar refractivity (Wildman–Crippen MR) is 85.2 cm³/mol. The number of carbonyl (C=O) groups excluding carboxylic acids is 1. The van der Waals surface area contributed by atoms with Crippen LogP contribution in [0.1, 0.15) is 5.56 Å². The van der Waals surface area contributed by atoms with Crippen molar-refractivity contribution in [1.82, 2.24) is 0 Å². The first-order valence-corrected chi connectivity index (χ1v) is 7.34. The Hall–Kier alpha value is -1.85. The number of amides is 1. The van der Waals surface area contributed by atoms with Crippen molar-refractivity contribution in [2.45, 2.75) is 6.61 Å². The van der Waals surface area contributed by atoms with E-state index in [-0.39, 0.29) is 19.8 Å². The molecular formula is C16H16BrNO3. The first kappa shape index (κ1) is 15.5. The van der Waals surface area contributed by atoms with Crippen molar-refractivity contribution in [3.05, 3.63) is 64.6 Å². The normalized spacial score (nSPS) is 10.2. The lowest BCUT2D eigenvalue weighted by molar-refractivity contribution is 0.145. The minimum Gasteiger partial charge on any atom is -0.444 e. The van der Waals surface area contributed by atoms with E-state index in [1.807, 2.05) is 42.5 Å². The topological polar surface area (TPSA) is 49.8 Å². The molecule has 0 unspecified atom stereocenters. The molecule has 4 nitrogen and oxygen atoms in total. The zero-order valence-corrected chi connectivity index (χ0v) is 13.0. The molecule has 0 saturated carbocycles. The lowest BCUT2D eigenvalue weighted by Gasteiger charge is -2.21. The van der Waals surface area contributed by atoms with Crippen LogP contribution in [0.3, 0.4) is 0 Å². The second-order valence-electron chi connectivity index (χ2n) is 4.40. The van der Waals surface area contributed by atoms with E-state index in [0.717, 1.165) is 10.0 Å². The van der Waals surface area contributed by atoms with Gasteiger partial charge in [0, 0.05) is 10.2 Å².